The van der Waals surface area contributed by atoms with E-state index in [0.29, 0.717) is 48.1 Å². The standard InChI is InChI=1S/C26H28FN3O3S/c1-33-18-7-9-24-20(14-18)25(22(27)15-29-24)23(28)8-6-17-10-12-30(16-21(17)26(31)32)11-2-4-19-5-3-13-34-19/h3,5,7,9,13-15,17,21,23H,6,8,10-12,16,28H2,1H3,(H,31,32). The molecular formula is C26H28FN3O3S. The Morgan fingerprint density at radius 1 is 1.44 bits per heavy atom. The van der Waals surface area contributed by atoms with Crippen molar-refractivity contribution in [3.8, 4) is 17.6 Å². The molecule has 178 valence electrons. The van der Waals surface area contributed by atoms with E-state index in [4.69, 9.17) is 10.5 Å². The molecule has 0 bridgehead atoms. The molecule has 3 N–H and O–H groups in total. The number of fused-ring (bicyclic) bond motifs is 1. The molecule has 0 saturated carbocycles. The number of benzene rings is 1. The lowest BCUT2D eigenvalue weighted by Crippen LogP contribution is -2.44. The van der Waals surface area contributed by atoms with E-state index in [-0.39, 0.29) is 5.92 Å². The van der Waals surface area contributed by atoms with Crippen molar-refractivity contribution in [2.24, 2.45) is 17.6 Å². The minimum atomic E-state index is -0.806. The predicted molar refractivity (Wildman–Crippen MR) is 131 cm³/mol. The van der Waals surface area contributed by atoms with Crippen LogP contribution in [-0.4, -0.2) is 47.7 Å². The van der Waals surface area contributed by atoms with Crippen molar-refractivity contribution >= 4 is 28.2 Å². The van der Waals surface area contributed by atoms with Crippen molar-refractivity contribution in [1.29, 1.82) is 0 Å². The normalized spacial score (nSPS) is 19.4. The molecule has 0 amide bonds. The van der Waals surface area contributed by atoms with Gasteiger partial charge in [0.15, 0.2) is 0 Å². The quantitative estimate of drug-likeness (QED) is 0.489. The largest absolute Gasteiger partial charge is 0.497 e. The topological polar surface area (TPSA) is 88.7 Å². The van der Waals surface area contributed by atoms with Gasteiger partial charge in [0.05, 0.1) is 36.2 Å². The molecule has 3 aromatic rings. The maximum absolute atomic E-state index is 14.8. The van der Waals surface area contributed by atoms with Crippen molar-refractivity contribution in [2.45, 2.75) is 25.3 Å². The molecule has 3 atom stereocenters. The summed E-state index contributed by atoms with van der Waals surface area (Å²) in [5.74, 6) is 5.11. The first-order valence-electron chi connectivity index (χ1n) is 11.3. The summed E-state index contributed by atoms with van der Waals surface area (Å²) in [7, 11) is 1.56. The third-order valence-electron chi connectivity index (χ3n) is 6.48. The summed E-state index contributed by atoms with van der Waals surface area (Å²) in [5.41, 5.74) is 7.49. The van der Waals surface area contributed by atoms with Gasteiger partial charge in [-0.25, -0.2) is 4.39 Å². The Labute approximate surface area is 202 Å². The third-order valence-corrected chi connectivity index (χ3v) is 7.27. The fourth-order valence-electron chi connectivity index (χ4n) is 4.63. The highest BCUT2D eigenvalue weighted by atomic mass is 32.1. The minimum absolute atomic E-state index is 0.0178. The van der Waals surface area contributed by atoms with E-state index in [1.807, 2.05) is 17.5 Å². The summed E-state index contributed by atoms with van der Waals surface area (Å²) in [6.07, 6.45) is 3.04. The molecule has 0 aliphatic carbocycles. The summed E-state index contributed by atoms with van der Waals surface area (Å²) in [5, 5.41) is 12.5. The van der Waals surface area contributed by atoms with E-state index in [0.717, 1.165) is 17.8 Å². The molecule has 1 saturated heterocycles. The Bertz CT molecular complexity index is 1210. The highest BCUT2D eigenvalue weighted by Gasteiger charge is 2.34. The summed E-state index contributed by atoms with van der Waals surface area (Å²) in [4.78, 5) is 19.3. The molecular weight excluding hydrogens is 453 g/mol. The number of aliphatic carboxylic acids is 1. The summed E-state index contributed by atoms with van der Waals surface area (Å²) in [6, 6.07) is 8.67. The number of pyridine rings is 1. The zero-order valence-corrected chi connectivity index (χ0v) is 19.9. The first-order chi connectivity index (χ1) is 16.5. The molecule has 1 fully saturated rings. The second-order valence-electron chi connectivity index (χ2n) is 8.59. The maximum Gasteiger partial charge on any atom is 0.308 e. The zero-order valence-electron chi connectivity index (χ0n) is 19.0. The number of carboxylic acid groups (broad SMARTS) is 1. The Kier molecular flexibility index (Phi) is 7.78. The molecule has 1 aliphatic heterocycles. The van der Waals surface area contributed by atoms with Crippen molar-refractivity contribution in [2.75, 3.05) is 26.7 Å². The number of carboxylic acids is 1. The average molecular weight is 482 g/mol. The summed E-state index contributed by atoms with van der Waals surface area (Å²) in [6.45, 7) is 1.79. The SMILES string of the molecule is COc1ccc2ncc(F)c(C(N)CCC3CCN(CC#Cc4cccs4)CC3C(=O)O)c2c1. The van der Waals surface area contributed by atoms with Crippen LogP contribution in [-0.2, 0) is 4.79 Å². The minimum Gasteiger partial charge on any atom is -0.497 e. The molecule has 8 heteroatoms. The Hall–Kier alpha value is -2.99. The van der Waals surface area contributed by atoms with Crippen LogP contribution < -0.4 is 10.5 Å². The Morgan fingerprint density at radius 2 is 2.29 bits per heavy atom. The van der Waals surface area contributed by atoms with Gasteiger partial charge in [0.2, 0.25) is 0 Å². The molecule has 3 heterocycles. The van der Waals surface area contributed by atoms with Crippen LogP contribution in [0, 0.1) is 29.5 Å². The van der Waals surface area contributed by atoms with Gasteiger partial charge in [0.25, 0.3) is 0 Å². The Morgan fingerprint density at radius 3 is 3.03 bits per heavy atom. The van der Waals surface area contributed by atoms with Gasteiger partial charge in [-0.2, -0.15) is 0 Å². The lowest BCUT2D eigenvalue weighted by Gasteiger charge is -2.36. The van der Waals surface area contributed by atoms with Crippen LogP contribution in [0.25, 0.3) is 10.9 Å². The van der Waals surface area contributed by atoms with Crippen LogP contribution >= 0.6 is 11.3 Å². The van der Waals surface area contributed by atoms with Crippen molar-refractivity contribution < 1.29 is 19.0 Å². The fourth-order valence-corrected chi connectivity index (χ4v) is 5.23. The summed E-state index contributed by atoms with van der Waals surface area (Å²) < 4.78 is 20.0. The van der Waals surface area contributed by atoms with E-state index in [1.54, 1.807) is 36.6 Å². The number of carbonyl (C=O) groups is 1. The number of rotatable bonds is 7. The van der Waals surface area contributed by atoms with Crippen LogP contribution in [0.15, 0.2) is 41.9 Å². The lowest BCUT2D eigenvalue weighted by molar-refractivity contribution is -0.146. The van der Waals surface area contributed by atoms with E-state index in [1.165, 1.54) is 6.20 Å². The molecule has 6 nitrogen and oxygen atoms in total. The molecule has 2 aromatic heterocycles. The third kappa shape index (κ3) is 5.55. The van der Waals surface area contributed by atoms with E-state index >= 15 is 0 Å². The number of nitrogens with two attached hydrogens (primary N) is 1. The number of nitrogens with zero attached hydrogens (tertiary/aromatic N) is 2. The second kappa shape index (κ2) is 11.0. The maximum atomic E-state index is 14.8. The number of ether oxygens (including phenoxy) is 1. The zero-order chi connectivity index (χ0) is 24.1. The van der Waals surface area contributed by atoms with Crippen molar-refractivity contribution in [3.63, 3.8) is 0 Å². The van der Waals surface area contributed by atoms with Crippen molar-refractivity contribution in [3.05, 3.63) is 58.2 Å². The van der Waals surface area contributed by atoms with E-state index < -0.39 is 23.7 Å². The molecule has 1 aromatic carbocycles. The first kappa shape index (κ1) is 24.1. The van der Waals surface area contributed by atoms with E-state index in [9.17, 15) is 14.3 Å². The van der Waals surface area contributed by atoms with Gasteiger partial charge >= 0.3 is 5.97 Å². The van der Waals surface area contributed by atoms with Gasteiger partial charge in [-0.05, 0) is 61.4 Å². The van der Waals surface area contributed by atoms with Crippen LogP contribution in [0.3, 0.4) is 0 Å². The van der Waals surface area contributed by atoms with Gasteiger partial charge in [-0.1, -0.05) is 17.9 Å². The number of likely N-dealkylation sites (tertiary alicyclic amines) is 1. The molecule has 34 heavy (non-hydrogen) atoms. The number of thiophene rings is 1. The predicted octanol–water partition coefficient (Wildman–Crippen LogP) is 4.30. The lowest BCUT2D eigenvalue weighted by atomic mass is 9.81. The Balaban J connectivity index is 1.42. The van der Waals surface area contributed by atoms with Crippen LogP contribution in [0.5, 0.6) is 5.75 Å². The van der Waals surface area contributed by atoms with Crippen LogP contribution in [0.1, 0.15) is 35.7 Å². The van der Waals surface area contributed by atoms with Gasteiger partial charge in [0, 0.05) is 23.5 Å². The number of methoxy groups -OCH3 is 1. The molecule has 0 spiro atoms. The fraction of sp³-hybridized carbons (Fsp3) is 0.385. The molecule has 1 aliphatic rings. The highest BCUT2D eigenvalue weighted by Crippen LogP contribution is 2.34. The monoisotopic (exact) mass is 481 g/mol. The number of halogens is 1. The van der Waals surface area contributed by atoms with Gasteiger partial charge in [-0.15, -0.1) is 11.3 Å². The first-order valence-corrected chi connectivity index (χ1v) is 12.2. The van der Waals surface area contributed by atoms with Crippen LogP contribution in [0.4, 0.5) is 4.39 Å². The second-order valence-corrected chi connectivity index (χ2v) is 9.54. The van der Waals surface area contributed by atoms with Crippen molar-refractivity contribution in [1.82, 2.24) is 9.88 Å². The smallest absolute Gasteiger partial charge is 0.308 e. The number of hydrogen-bond acceptors (Lipinski definition) is 6. The summed E-state index contributed by atoms with van der Waals surface area (Å²) >= 11 is 1.59. The number of hydrogen-bond donors (Lipinski definition) is 2. The molecule has 4 rings (SSSR count). The van der Waals surface area contributed by atoms with Gasteiger partial charge in [0.1, 0.15) is 11.6 Å². The van der Waals surface area contributed by atoms with Crippen LogP contribution in [0.2, 0.25) is 0 Å². The average Bonchev–Trinajstić information content (AvgIpc) is 3.36. The molecule has 3 unspecified atom stereocenters. The van der Waals surface area contributed by atoms with E-state index in [2.05, 4.69) is 21.7 Å². The highest BCUT2D eigenvalue weighted by molar-refractivity contribution is 7.10. The molecule has 0 radical (unpaired) electrons. The van der Waals surface area contributed by atoms with Gasteiger partial charge in [-0.3, -0.25) is 14.7 Å². The number of piperidine rings is 1. The number of aromatic nitrogens is 1. The van der Waals surface area contributed by atoms with Gasteiger partial charge < -0.3 is 15.6 Å².